The van der Waals surface area contributed by atoms with E-state index in [9.17, 15) is 0 Å². The Balaban J connectivity index is 2.01. The average molecular weight is 407 g/mol. The molecule has 2 nitrogen and oxygen atoms in total. The van der Waals surface area contributed by atoms with Gasteiger partial charge in [-0.15, -0.1) is 0 Å². The van der Waals surface area contributed by atoms with E-state index in [4.69, 9.17) is 8.85 Å². The van der Waals surface area contributed by atoms with Crippen molar-refractivity contribution in [3.8, 4) is 0 Å². The fourth-order valence-corrected chi connectivity index (χ4v) is 9.61. The second kappa shape index (κ2) is 9.01. The van der Waals surface area contributed by atoms with Crippen molar-refractivity contribution in [1.29, 1.82) is 0 Å². The van der Waals surface area contributed by atoms with Gasteiger partial charge in [0.15, 0.2) is 0 Å². The van der Waals surface area contributed by atoms with Crippen LogP contribution in [0.4, 0.5) is 0 Å². The van der Waals surface area contributed by atoms with Gasteiger partial charge in [0.25, 0.3) is 16.6 Å². The summed E-state index contributed by atoms with van der Waals surface area (Å²) >= 11 is 0. The maximum Gasteiger partial charge on any atom is 0.252 e. The summed E-state index contributed by atoms with van der Waals surface area (Å²) in [5, 5.41) is 5.20. The fraction of sp³-hybridized carbons (Fsp3) is 0.250. The van der Waals surface area contributed by atoms with Crippen molar-refractivity contribution in [2.24, 2.45) is 0 Å². The van der Waals surface area contributed by atoms with Crippen LogP contribution in [-0.4, -0.2) is 29.8 Å². The van der Waals surface area contributed by atoms with Gasteiger partial charge in [-0.05, 0) is 47.7 Å². The highest BCUT2D eigenvalue weighted by atomic mass is 28.4. The van der Waals surface area contributed by atoms with Crippen LogP contribution in [0.5, 0.6) is 0 Å². The third kappa shape index (κ3) is 4.05. The molecule has 0 amide bonds. The zero-order chi connectivity index (χ0) is 20.0. The molecule has 0 aliphatic rings. The number of hydrogen-bond acceptors (Lipinski definition) is 2. The van der Waals surface area contributed by atoms with Gasteiger partial charge in [0.05, 0.1) is 0 Å². The third-order valence-electron chi connectivity index (χ3n) is 5.50. The molecule has 3 aromatic carbocycles. The standard InChI is InChI=1S/C24H30O2Si2/c1-5-25-27(3,21-13-9-7-10-14-21)23-17-19-24(20-18-23)28(4,26-6-2)22-15-11-8-12-16-22/h7-20H,5-6H2,1-4H3. The molecular formula is C24H30O2Si2. The second-order valence-electron chi connectivity index (χ2n) is 7.24. The lowest BCUT2D eigenvalue weighted by Gasteiger charge is -2.30. The lowest BCUT2D eigenvalue weighted by atomic mass is 10.3. The van der Waals surface area contributed by atoms with E-state index in [0.29, 0.717) is 0 Å². The van der Waals surface area contributed by atoms with Crippen molar-refractivity contribution >= 4 is 37.4 Å². The monoisotopic (exact) mass is 406 g/mol. The van der Waals surface area contributed by atoms with Gasteiger partial charge in [0.1, 0.15) is 0 Å². The smallest absolute Gasteiger partial charge is 0.252 e. The van der Waals surface area contributed by atoms with Gasteiger partial charge in [-0.1, -0.05) is 84.9 Å². The highest BCUT2D eigenvalue weighted by Gasteiger charge is 2.36. The van der Waals surface area contributed by atoms with E-state index in [1.165, 1.54) is 20.7 Å². The molecule has 0 radical (unpaired) electrons. The van der Waals surface area contributed by atoms with Crippen LogP contribution < -0.4 is 20.7 Å². The van der Waals surface area contributed by atoms with E-state index in [1.54, 1.807) is 0 Å². The molecule has 3 aromatic rings. The van der Waals surface area contributed by atoms with Gasteiger partial charge in [-0.3, -0.25) is 0 Å². The minimum atomic E-state index is -2.21. The molecule has 2 unspecified atom stereocenters. The summed E-state index contributed by atoms with van der Waals surface area (Å²) in [4.78, 5) is 0. The topological polar surface area (TPSA) is 18.5 Å². The van der Waals surface area contributed by atoms with Crippen molar-refractivity contribution in [1.82, 2.24) is 0 Å². The summed E-state index contributed by atoms with van der Waals surface area (Å²) in [6.45, 7) is 10.2. The van der Waals surface area contributed by atoms with E-state index in [-0.39, 0.29) is 0 Å². The van der Waals surface area contributed by atoms with Crippen LogP contribution in [0.15, 0.2) is 84.9 Å². The number of rotatable bonds is 8. The van der Waals surface area contributed by atoms with Gasteiger partial charge in [0.2, 0.25) is 0 Å². The van der Waals surface area contributed by atoms with Crippen LogP contribution in [0, 0.1) is 0 Å². The zero-order valence-electron chi connectivity index (χ0n) is 17.3. The molecule has 0 fully saturated rings. The molecular weight excluding hydrogens is 376 g/mol. The molecule has 146 valence electrons. The third-order valence-corrected chi connectivity index (χ3v) is 13.0. The normalized spacial score (nSPS) is 15.6. The molecule has 2 atom stereocenters. The summed E-state index contributed by atoms with van der Waals surface area (Å²) < 4.78 is 12.8. The van der Waals surface area contributed by atoms with E-state index in [1.807, 2.05) is 0 Å². The fourth-order valence-electron chi connectivity index (χ4n) is 3.86. The summed E-state index contributed by atoms with van der Waals surface area (Å²) in [5.41, 5.74) is 0. The quantitative estimate of drug-likeness (QED) is 0.535. The zero-order valence-corrected chi connectivity index (χ0v) is 19.3. The lowest BCUT2D eigenvalue weighted by Crippen LogP contribution is -2.60. The SMILES string of the molecule is CCO[Si](C)(c1ccccc1)c1ccc([Si](C)(OCC)c2ccccc2)cc1. The minimum absolute atomic E-state index is 0.717. The summed E-state index contributed by atoms with van der Waals surface area (Å²) in [5.74, 6) is 0. The Labute approximate surface area is 171 Å². The molecule has 0 aromatic heterocycles. The van der Waals surface area contributed by atoms with Crippen molar-refractivity contribution in [2.45, 2.75) is 26.9 Å². The summed E-state index contributed by atoms with van der Waals surface area (Å²) in [6, 6.07) is 30.3. The largest absolute Gasteiger partial charge is 0.408 e. The van der Waals surface area contributed by atoms with E-state index < -0.39 is 16.6 Å². The predicted molar refractivity (Wildman–Crippen MR) is 124 cm³/mol. The Hall–Kier alpha value is -1.99. The molecule has 0 aliphatic heterocycles. The molecule has 0 N–H and O–H groups in total. The summed E-state index contributed by atoms with van der Waals surface area (Å²) in [7, 11) is -4.41. The van der Waals surface area contributed by atoms with Crippen molar-refractivity contribution in [3.05, 3.63) is 84.9 Å². The molecule has 28 heavy (non-hydrogen) atoms. The molecule has 0 bridgehead atoms. The van der Waals surface area contributed by atoms with Crippen molar-refractivity contribution in [3.63, 3.8) is 0 Å². The number of benzene rings is 3. The molecule has 0 saturated heterocycles. The first kappa shape index (κ1) is 20.7. The van der Waals surface area contributed by atoms with Crippen LogP contribution in [-0.2, 0) is 8.85 Å². The average Bonchev–Trinajstić information content (AvgIpc) is 2.75. The van der Waals surface area contributed by atoms with Crippen molar-refractivity contribution < 1.29 is 8.85 Å². The van der Waals surface area contributed by atoms with Gasteiger partial charge >= 0.3 is 0 Å². The maximum absolute atomic E-state index is 6.38. The Morgan fingerprint density at radius 1 is 0.500 bits per heavy atom. The molecule has 0 heterocycles. The molecule has 0 aliphatic carbocycles. The molecule has 3 rings (SSSR count). The van der Waals surface area contributed by atoms with Gasteiger partial charge in [-0.2, -0.15) is 0 Å². The number of hydrogen-bond donors (Lipinski definition) is 0. The highest BCUT2D eigenvalue weighted by molar-refractivity contribution is 6.98. The Morgan fingerprint density at radius 3 is 1.07 bits per heavy atom. The van der Waals surface area contributed by atoms with Crippen LogP contribution in [0.2, 0.25) is 13.1 Å². The minimum Gasteiger partial charge on any atom is -0.408 e. The molecule has 0 saturated carbocycles. The van der Waals surface area contributed by atoms with Crippen LogP contribution in [0.3, 0.4) is 0 Å². The van der Waals surface area contributed by atoms with Crippen LogP contribution in [0.25, 0.3) is 0 Å². The second-order valence-corrected chi connectivity index (χ2v) is 14.3. The van der Waals surface area contributed by atoms with Crippen LogP contribution in [0.1, 0.15) is 13.8 Å². The maximum atomic E-state index is 6.38. The van der Waals surface area contributed by atoms with Gasteiger partial charge in [-0.25, -0.2) is 0 Å². The highest BCUT2D eigenvalue weighted by Crippen LogP contribution is 2.10. The first-order valence-corrected chi connectivity index (χ1v) is 14.9. The Morgan fingerprint density at radius 2 is 0.786 bits per heavy atom. The first-order chi connectivity index (χ1) is 13.5. The van der Waals surface area contributed by atoms with E-state index in [2.05, 4.69) is 112 Å². The van der Waals surface area contributed by atoms with E-state index >= 15 is 0 Å². The predicted octanol–water partition coefficient (Wildman–Crippen LogP) is 3.14. The summed E-state index contributed by atoms with van der Waals surface area (Å²) in [6.07, 6.45) is 0. The van der Waals surface area contributed by atoms with Crippen LogP contribution >= 0.6 is 0 Å². The molecule has 0 spiro atoms. The van der Waals surface area contributed by atoms with Gasteiger partial charge in [0, 0.05) is 13.2 Å². The Bertz CT molecular complexity index is 794. The van der Waals surface area contributed by atoms with Gasteiger partial charge < -0.3 is 8.85 Å². The van der Waals surface area contributed by atoms with Crippen molar-refractivity contribution in [2.75, 3.05) is 13.2 Å². The Kier molecular flexibility index (Phi) is 6.67. The molecule has 4 heteroatoms. The lowest BCUT2D eigenvalue weighted by molar-refractivity contribution is 0.342. The first-order valence-electron chi connectivity index (χ1n) is 10.0. The van der Waals surface area contributed by atoms with E-state index in [0.717, 1.165) is 13.2 Å².